The van der Waals surface area contributed by atoms with Gasteiger partial charge in [0.25, 0.3) is 0 Å². The van der Waals surface area contributed by atoms with Gasteiger partial charge in [-0.3, -0.25) is 4.90 Å². The van der Waals surface area contributed by atoms with E-state index in [0.717, 1.165) is 5.56 Å². The van der Waals surface area contributed by atoms with Gasteiger partial charge < -0.3 is 15.3 Å². The largest absolute Gasteiger partial charge is 0.389 e. The fourth-order valence-corrected chi connectivity index (χ4v) is 2.34. The molecule has 6 heteroatoms. The molecule has 1 saturated heterocycles. The Morgan fingerprint density at radius 1 is 1.11 bits per heavy atom. The molecule has 19 heavy (non-hydrogen) atoms. The molecular weight excluding hydrogens is 248 g/mol. The molecule has 2 rings (SSSR count). The molecule has 1 aliphatic heterocycles. The second kappa shape index (κ2) is 6.21. The fourth-order valence-electron chi connectivity index (χ4n) is 2.34. The highest BCUT2D eigenvalue weighted by atomic mass is 16.4. The van der Waals surface area contributed by atoms with Crippen LogP contribution in [-0.4, -0.2) is 57.7 Å². The van der Waals surface area contributed by atoms with Crippen molar-refractivity contribution in [1.29, 1.82) is 0 Å². The second-order valence-corrected chi connectivity index (χ2v) is 4.90. The van der Waals surface area contributed by atoms with Gasteiger partial charge in [-0.15, -0.1) is 0 Å². The second-order valence-electron chi connectivity index (χ2n) is 4.90. The molecular formula is C13H18N2O4. The van der Waals surface area contributed by atoms with E-state index in [9.17, 15) is 20.2 Å². The van der Waals surface area contributed by atoms with Gasteiger partial charge in [0, 0.05) is 19.6 Å². The summed E-state index contributed by atoms with van der Waals surface area (Å²) >= 11 is 0. The van der Waals surface area contributed by atoms with Gasteiger partial charge in [-0.1, -0.05) is 35.5 Å². The molecule has 0 aliphatic carbocycles. The van der Waals surface area contributed by atoms with Crippen molar-refractivity contribution in [2.75, 3.05) is 13.1 Å². The van der Waals surface area contributed by atoms with Crippen LogP contribution >= 0.6 is 0 Å². The van der Waals surface area contributed by atoms with Crippen molar-refractivity contribution in [2.45, 2.75) is 30.9 Å². The molecule has 1 fully saturated rings. The molecule has 1 aromatic rings. The normalized spacial score (nSPS) is 32.8. The summed E-state index contributed by atoms with van der Waals surface area (Å²) in [4.78, 5) is 12.6. The van der Waals surface area contributed by atoms with E-state index < -0.39 is 24.4 Å². The van der Waals surface area contributed by atoms with E-state index in [2.05, 4.69) is 5.18 Å². The van der Waals surface area contributed by atoms with E-state index in [1.54, 1.807) is 0 Å². The predicted octanol–water partition coefficient (Wildman–Crippen LogP) is -0.280. The molecule has 0 saturated carbocycles. The quantitative estimate of drug-likeness (QED) is 0.654. The molecule has 3 N–H and O–H groups in total. The Balaban J connectivity index is 2.10. The summed E-state index contributed by atoms with van der Waals surface area (Å²) in [5.74, 6) is 0. The first-order chi connectivity index (χ1) is 9.11. The van der Waals surface area contributed by atoms with Crippen LogP contribution in [-0.2, 0) is 6.54 Å². The topological polar surface area (TPSA) is 93.4 Å². The third-order valence-corrected chi connectivity index (χ3v) is 3.41. The van der Waals surface area contributed by atoms with E-state index in [1.165, 1.54) is 0 Å². The van der Waals surface area contributed by atoms with Crippen LogP contribution in [0.5, 0.6) is 0 Å². The monoisotopic (exact) mass is 266 g/mol. The number of aliphatic hydroxyl groups excluding tert-OH is 3. The molecule has 0 unspecified atom stereocenters. The Bertz CT molecular complexity index is 414. The maximum Gasteiger partial charge on any atom is 0.133 e. The lowest BCUT2D eigenvalue weighted by Crippen LogP contribution is -2.43. The molecule has 4 atom stereocenters. The van der Waals surface area contributed by atoms with Crippen molar-refractivity contribution in [1.82, 2.24) is 4.90 Å². The molecule has 0 bridgehead atoms. The Morgan fingerprint density at radius 3 is 2.42 bits per heavy atom. The number of aliphatic hydroxyl groups is 3. The van der Waals surface area contributed by atoms with E-state index in [-0.39, 0.29) is 13.1 Å². The maximum absolute atomic E-state index is 10.7. The average Bonchev–Trinajstić information content (AvgIpc) is 2.52. The summed E-state index contributed by atoms with van der Waals surface area (Å²) < 4.78 is 0. The highest BCUT2D eigenvalue weighted by Crippen LogP contribution is 2.17. The zero-order chi connectivity index (χ0) is 13.8. The predicted molar refractivity (Wildman–Crippen MR) is 69.3 cm³/mol. The summed E-state index contributed by atoms with van der Waals surface area (Å²) in [6.07, 6.45) is -3.76. The molecule has 1 aromatic carbocycles. The van der Waals surface area contributed by atoms with Crippen molar-refractivity contribution in [3.63, 3.8) is 0 Å². The van der Waals surface area contributed by atoms with Crippen LogP contribution in [0, 0.1) is 4.91 Å². The molecule has 6 nitrogen and oxygen atoms in total. The highest BCUT2D eigenvalue weighted by Gasteiger charge is 2.37. The van der Waals surface area contributed by atoms with Gasteiger partial charge in [-0.25, -0.2) is 0 Å². The number of likely N-dealkylation sites (tertiary alicyclic amines) is 1. The van der Waals surface area contributed by atoms with Crippen LogP contribution in [0.1, 0.15) is 5.56 Å². The van der Waals surface area contributed by atoms with Crippen LogP contribution in [0.2, 0.25) is 0 Å². The number of hydrogen-bond donors (Lipinski definition) is 3. The van der Waals surface area contributed by atoms with Crippen molar-refractivity contribution in [2.24, 2.45) is 5.18 Å². The van der Waals surface area contributed by atoms with Crippen LogP contribution in [0.4, 0.5) is 0 Å². The molecule has 0 radical (unpaired) electrons. The number of benzene rings is 1. The smallest absolute Gasteiger partial charge is 0.133 e. The van der Waals surface area contributed by atoms with Crippen molar-refractivity contribution in [3.05, 3.63) is 40.8 Å². The minimum absolute atomic E-state index is 0.194. The fraction of sp³-hybridized carbons (Fsp3) is 0.538. The van der Waals surface area contributed by atoms with Crippen LogP contribution < -0.4 is 0 Å². The zero-order valence-electron chi connectivity index (χ0n) is 10.5. The minimum Gasteiger partial charge on any atom is -0.389 e. The molecule has 1 aliphatic rings. The van der Waals surface area contributed by atoms with Gasteiger partial charge in [0.1, 0.15) is 18.2 Å². The summed E-state index contributed by atoms with van der Waals surface area (Å²) in [5, 5.41) is 32.1. The third kappa shape index (κ3) is 3.36. The lowest BCUT2D eigenvalue weighted by molar-refractivity contribution is -0.0582. The van der Waals surface area contributed by atoms with Gasteiger partial charge in [-0.2, -0.15) is 4.91 Å². The Morgan fingerprint density at radius 2 is 1.79 bits per heavy atom. The van der Waals surface area contributed by atoms with E-state index in [0.29, 0.717) is 6.54 Å². The number of nitrogens with zero attached hydrogens (tertiary/aromatic N) is 2. The first-order valence-corrected chi connectivity index (χ1v) is 6.24. The van der Waals surface area contributed by atoms with Crippen LogP contribution in [0.15, 0.2) is 35.5 Å². The van der Waals surface area contributed by atoms with E-state index in [1.807, 2.05) is 35.2 Å². The Kier molecular flexibility index (Phi) is 4.60. The van der Waals surface area contributed by atoms with Gasteiger partial charge in [-0.05, 0) is 5.56 Å². The SMILES string of the molecule is O=N[C@H]1CN(Cc2ccccc2)C[C@H](O)[C@@H](O)[C@@H]1O. The van der Waals surface area contributed by atoms with Crippen LogP contribution in [0.25, 0.3) is 0 Å². The van der Waals surface area contributed by atoms with Crippen molar-refractivity contribution < 1.29 is 15.3 Å². The van der Waals surface area contributed by atoms with Crippen molar-refractivity contribution in [3.8, 4) is 0 Å². The molecule has 0 amide bonds. The van der Waals surface area contributed by atoms with Gasteiger partial charge in [0.2, 0.25) is 0 Å². The lowest BCUT2D eigenvalue weighted by atomic mass is 10.0. The molecule has 1 heterocycles. The highest BCUT2D eigenvalue weighted by molar-refractivity contribution is 5.14. The maximum atomic E-state index is 10.7. The minimum atomic E-state index is -1.34. The number of rotatable bonds is 3. The molecule has 0 spiro atoms. The molecule has 0 aromatic heterocycles. The summed E-state index contributed by atoms with van der Waals surface area (Å²) in [6.45, 7) is 0.941. The Hall–Kier alpha value is -1.34. The van der Waals surface area contributed by atoms with Gasteiger partial charge in [0.05, 0.1) is 6.10 Å². The van der Waals surface area contributed by atoms with Gasteiger partial charge in [0.15, 0.2) is 0 Å². The number of hydrogen-bond acceptors (Lipinski definition) is 6. The summed E-state index contributed by atoms with van der Waals surface area (Å²) in [6, 6.07) is 8.66. The molecule has 104 valence electrons. The van der Waals surface area contributed by atoms with Crippen LogP contribution in [0.3, 0.4) is 0 Å². The van der Waals surface area contributed by atoms with Gasteiger partial charge >= 0.3 is 0 Å². The van der Waals surface area contributed by atoms with Crippen molar-refractivity contribution >= 4 is 0 Å². The standard InChI is InChI=1S/C13H18N2O4/c16-11-8-15(6-9-4-2-1-3-5-9)7-10(14-19)12(17)13(11)18/h1-5,10-13,16-18H,6-8H2/t10-,11-,12+,13+/m0/s1. The summed E-state index contributed by atoms with van der Waals surface area (Å²) in [7, 11) is 0. The van der Waals surface area contributed by atoms with E-state index >= 15 is 0 Å². The first-order valence-electron chi connectivity index (χ1n) is 6.24. The lowest BCUT2D eigenvalue weighted by Gasteiger charge is -2.22. The number of nitroso groups, excluding NO2 is 1. The van der Waals surface area contributed by atoms with E-state index in [4.69, 9.17) is 0 Å². The number of β-amino-alcohol motifs (C(OH)–C–C–N with tert-alkyl or cyclic N) is 1. The summed E-state index contributed by atoms with van der Waals surface area (Å²) in [5.41, 5.74) is 1.03. The third-order valence-electron chi connectivity index (χ3n) is 3.41. The Labute approximate surface area is 111 Å². The first kappa shape index (κ1) is 14.1. The average molecular weight is 266 g/mol. The zero-order valence-corrected chi connectivity index (χ0v) is 10.5.